The zero-order valence-electron chi connectivity index (χ0n) is 19.5. The van der Waals surface area contributed by atoms with Gasteiger partial charge in [-0.05, 0) is 68.9 Å². The molecule has 3 amide bonds. The van der Waals surface area contributed by atoms with Gasteiger partial charge < -0.3 is 24.4 Å². The number of nitrogens with one attached hydrogen (secondary N) is 1. The molecule has 1 aliphatic carbocycles. The lowest BCUT2D eigenvalue weighted by atomic mass is 10.1. The highest BCUT2D eigenvalue weighted by Crippen LogP contribution is 2.32. The number of anilines is 2. The molecule has 0 unspecified atom stereocenters. The predicted molar refractivity (Wildman–Crippen MR) is 129 cm³/mol. The molecule has 1 saturated carbocycles. The lowest BCUT2D eigenvalue weighted by Gasteiger charge is -2.30. The van der Waals surface area contributed by atoms with E-state index in [1.807, 2.05) is 28.0 Å². The number of carbonyl (C=O) groups excluding carboxylic acids is 3. The Hall–Kier alpha value is -3.29. The van der Waals surface area contributed by atoms with Gasteiger partial charge in [-0.15, -0.1) is 0 Å². The first-order valence-corrected chi connectivity index (χ1v) is 12.4. The molecule has 180 valence electrons. The molecule has 3 aliphatic rings. The normalized spacial score (nSPS) is 19.0. The number of piperidine rings is 1. The first kappa shape index (κ1) is 22.5. The molecule has 2 aliphatic heterocycles. The molecule has 1 aromatic heterocycles. The van der Waals surface area contributed by atoms with Gasteiger partial charge in [-0.3, -0.25) is 14.4 Å². The van der Waals surface area contributed by atoms with Crippen LogP contribution in [0, 0.1) is 5.92 Å². The number of nitrogens with zero attached hydrogens (tertiary/aromatic N) is 3. The van der Waals surface area contributed by atoms with E-state index < -0.39 is 0 Å². The van der Waals surface area contributed by atoms with Crippen molar-refractivity contribution >= 4 is 29.1 Å². The van der Waals surface area contributed by atoms with E-state index in [4.69, 9.17) is 4.42 Å². The van der Waals surface area contributed by atoms with E-state index in [0.29, 0.717) is 36.6 Å². The molecule has 8 nitrogen and oxygen atoms in total. The van der Waals surface area contributed by atoms with E-state index in [9.17, 15) is 14.4 Å². The molecule has 8 heteroatoms. The molecular weight excluding hydrogens is 432 g/mol. The second-order valence-corrected chi connectivity index (χ2v) is 9.46. The van der Waals surface area contributed by atoms with Crippen molar-refractivity contribution in [2.75, 3.05) is 49.5 Å². The van der Waals surface area contributed by atoms with Gasteiger partial charge in [0, 0.05) is 56.6 Å². The first-order chi connectivity index (χ1) is 16.6. The van der Waals surface area contributed by atoms with E-state index in [1.165, 1.54) is 6.26 Å². The number of furan rings is 1. The predicted octanol–water partition coefficient (Wildman–Crippen LogP) is 3.61. The largest absolute Gasteiger partial charge is 0.459 e. The van der Waals surface area contributed by atoms with Crippen molar-refractivity contribution in [3.63, 3.8) is 0 Å². The quantitative estimate of drug-likeness (QED) is 0.731. The highest BCUT2D eigenvalue weighted by molar-refractivity contribution is 6.02. The summed E-state index contributed by atoms with van der Waals surface area (Å²) in [6.45, 7) is 4.10. The maximum absolute atomic E-state index is 13.6. The average molecular weight is 465 g/mol. The third kappa shape index (κ3) is 4.95. The van der Waals surface area contributed by atoms with Crippen molar-refractivity contribution in [3.05, 3.63) is 47.9 Å². The molecule has 1 N–H and O–H groups in total. The van der Waals surface area contributed by atoms with E-state index in [0.717, 1.165) is 63.8 Å². The van der Waals surface area contributed by atoms with Crippen molar-refractivity contribution in [2.45, 2.75) is 38.5 Å². The molecule has 3 heterocycles. The van der Waals surface area contributed by atoms with Crippen molar-refractivity contribution in [3.8, 4) is 0 Å². The molecule has 34 heavy (non-hydrogen) atoms. The number of amides is 3. The van der Waals surface area contributed by atoms with Crippen molar-refractivity contribution in [1.29, 1.82) is 0 Å². The summed E-state index contributed by atoms with van der Waals surface area (Å²) in [6.07, 6.45) is 7.37. The summed E-state index contributed by atoms with van der Waals surface area (Å²) in [7, 11) is 0. The maximum atomic E-state index is 13.6. The van der Waals surface area contributed by atoms with Crippen LogP contribution in [-0.4, -0.2) is 66.8 Å². The minimum Gasteiger partial charge on any atom is -0.459 e. The minimum absolute atomic E-state index is 0.0185. The number of hydrogen-bond acceptors (Lipinski definition) is 5. The molecule has 1 aromatic carbocycles. The van der Waals surface area contributed by atoms with Gasteiger partial charge in [0.05, 0.1) is 11.8 Å². The number of carbonyl (C=O) groups is 3. The zero-order valence-corrected chi connectivity index (χ0v) is 19.5. The van der Waals surface area contributed by atoms with Crippen LogP contribution in [0.2, 0.25) is 0 Å². The Morgan fingerprint density at radius 3 is 2.32 bits per heavy atom. The zero-order chi connectivity index (χ0) is 23.5. The van der Waals surface area contributed by atoms with Crippen LogP contribution in [-0.2, 0) is 4.79 Å². The summed E-state index contributed by atoms with van der Waals surface area (Å²) in [4.78, 5) is 44.6. The molecule has 2 saturated heterocycles. The van der Waals surface area contributed by atoms with Crippen LogP contribution in [0.1, 0.15) is 59.4 Å². The van der Waals surface area contributed by atoms with Crippen LogP contribution in [0.5, 0.6) is 0 Å². The molecule has 0 atom stereocenters. The molecule has 0 radical (unpaired) electrons. The summed E-state index contributed by atoms with van der Waals surface area (Å²) >= 11 is 0. The fourth-order valence-electron chi connectivity index (χ4n) is 4.84. The standard InChI is InChI=1S/C26H32N4O4/c31-24(19-7-8-19)27-20-9-10-22(21(18-20)25(32)29-11-2-1-3-12-29)28-13-5-14-30(16-15-28)26(33)23-6-4-17-34-23/h4,6,9-10,17-19H,1-3,5,7-8,11-16H2,(H,27,31). The summed E-state index contributed by atoms with van der Waals surface area (Å²) < 4.78 is 5.30. The third-order valence-electron chi connectivity index (χ3n) is 6.94. The monoisotopic (exact) mass is 464 g/mol. The van der Waals surface area contributed by atoms with E-state index in [1.54, 1.807) is 12.1 Å². The highest BCUT2D eigenvalue weighted by atomic mass is 16.3. The van der Waals surface area contributed by atoms with Crippen LogP contribution in [0.4, 0.5) is 11.4 Å². The average Bonchev–Trinajstić information content (AvgIpc) is 3.63. The topological polar surface area (TPSA) is 86.1 Å². The Bertz CT molecular complexity index is 1040. The van der Waals surface area contributed by atoms with Gasteiger partial charge in [0.25, 0.3) is 11.8 Å². The van der Waals surface area contributed by atoms with Crippen LogP contribution < -0.4 is 10.2 Å². The van der Waals surface area contributed by atoms with E-state index in [-0.39, 0.29) is 23.6 Å². The van der Waals surface area contributed by atoms with Crippen LogP contribution in [0.3, 0.4) is 0 Å². The maximum Gasteiger partial charge on any atom is 0.289 e. The molecule has 0 bridgehead atoms. The van der Waals surface area contributed by atoms with Crippen LogP contribution in [0.15, 0.2) is 41.0 Å². The number of hydrogen-bond donors (Lipinski definition) is 1. The van der Waals surface area contributed by atoms with E-state index in [2.05, 4.69) is 10.2 Å². The van der Waals surface area contributed by atoms with Crippen molar-refractivity contribution in [1.82, 2.24) is 9.80 Å². The van der Waals surface area contributed by atoms with Gasteiger partial charge in [0.1, 0.15) is 0 Å². The second-order valence-electron chi connectivity index (χ2n) is 9.46. The van der Waals surface area contributed by atoms with Gasteiger partial charge in [0.2, 0.25) is 5.91 Å². The summed E-state index contributed by atoms with van der Waals surface area (Å²) in [5.74, 6) is 0.403. The molecule has 3 fully saturated rings. The van der Waals surface area contributed by atoms with Crippen molar-refractivity contribution in [2.24, 2.45) is 5.92 Å². The Kier molecular flexibility index (Phi) is 6.56. The molecule has 0 spiro atoms. The van der Waals surface area contributed by atoms with Gasteiger partial charge in [-0.25, -0.2) is 0 Å². The highest BCUT2D eigenvalue weighted by Gasteiger charge is 2.31. The molecular formula is C26H32N4O4. The first-order valence-electron chi connectivity index (χ1n) is 12.4. The minimum atomic E-state index is -0.102. The molecule has 5 rings (SSSR count). The van der Waals surface area contributed by atoms with Gasteiger partial charge in [0.15, 0.2) is 5.76 Å². The fourth-order valence-corrected chi connectivity index (χ4v) is 4.84. The Morgan fingerprint density at radius 2 is 1.59 bits per heavy atom. The summed E-state index contributed by atoms with van der Waals surface area (Å²) in [5, 5.41) is 2.99. The van der Waals surface area contributed by atoms with Crippen molar-refractivity contribution < 1.29 is 18.8 Å². The fraction of sp³-hybridized carbons (Fsp3) is 0.500. The summed E-state index contributed by atoms with van der Waals surface area (Å²) in [5.41, 5.74) is 2.17. The van der Waals surface area contributed by atoms with Gasteiger partial charge in [-0.2, -0.15) is 0 Å². The summed E-state index contributed by atoms with van der Waals surface area (Å²) in [6, 6.07) is 9.08. The Morgan fingerprint density at radius 1 is 0.824 bits per heavy atom. The SMILES string of the molecule is O=C(Nc1ccc(N2CCCN(C(=O)c3ccco3)CC2)c(C(=O)N2CCCCC2)c1)C1CC1. The van der Waals surface area contributed by atoms with Gasteiger partial charge >= 0.3 is 0 Å². The lowest BCUT2D eigenvalue weighted by Crippen LogP contribution is -2.38. The van der Waals surface area contributed by atoms with Crippen LogP contribution >= 0.6 is 0 Å². The van der Waals surface area contributed by atoms with E-state index >= 15 is 0 Å². The third-order valence-corrected chi connectivity index (χ3v) is 6.94. The smallest absolute Gasteiger partial charge is 0.289 e. The number of benzene rings is 1. The number of rotatable bonds is 5. The van der Waals surface area contributed by atoms with Gasteiger partial charge in [-0.1, -0.05) is 0 Å². The number of likely N-dealkylation sites (tertiary alicyclic amines) is 1. The van der Waals surface area contributed by atoms with Crippen LogP contribution in [0.25, 0.3) is 0 Å². The lowest BCUT2D eigenvalue weighted by molar-refractivity contribution is -0.117. The second kappa shape index (κ2) is 9.91. The molecule has 2 aromatic rings. The Balaban J connectivity index is 1.37. The Labute approximate surface area is 199 Å².